The summed E-state index contributed by atoms with van der Waals surface area (Å²) in [5.41, 5.74) is 1.35. The van der Waals surface area contributed by atoms with Crippen LogP contribution in [0, 0.1) is 5.92 Å². The zero-order valence-electron chi connectivity index (χ0n) is 42.3. The first-order valence-corrected chi connectivity index (χ1v) is 27.5. The minimum atomic E-state index is -0.408. The van der Waals surface area contributed by atoms with Gasteiger partial charge in [-0.15, -0.1) is 11.3 Å². The Bertz CT molecular complexity index is 1450. The van der Waals surface area contributed by atoms with Crippen molar-refractivity contribution in [1.29, 1.82) is 0 Å². The highest BCUT2D eigenvalue weighted by atomic mass is 32.1. The number of carbonyl (C=O) groups is 4. The lowest BCUT2D eigenvalue weighted by Gasteiger charge is -2.27. The SMILES string of the molecule is CCCCC/C=C\C/C=C\CCCCCCCC(=O)N1CCc2c(sc(NC(=O)CCCCCOC(=O)C(CCCCCCCC)CCCCCCCC)c2C(=O)OCCCN(C)C)C1. The van der Waals surface area contributed by atoms with Crippen LogP contribution >= 0.6 is 11.3 Å². The first-order valence-electron chi connectivity index (χ1n) is 26.7. The number of nitrogens with zero attached hydrogens (tertiary/aromatic N) is 2. The third-order valence-electron chi connectivity index (χ3n) is 12.6. The molecule has 1 aliphatic heterocycles. The maximum Gasteiger partial charge on any atom is 0.341 e. The van der Waals surface area contributed by atoms with Crippen molar-refractivity contribution in [2.45, 2.75) is 233 Å². The van der Waals surface area contributed by atoms with Crippen LogP contribution in [0.1, 0.15) is 241 Å². The summed E-state index contributed by atoms with van der Waals surface area (Å²) in [7, 11) is 3.98. The Labute approximate surface area is 401 Å². The molecule has 0 fully saturated rings. The fourth-order valence-corrected chi connectivity index (χ4v) is 9.82. The normalized spacial score (nSPS) is 12.8. The fraction of sp³-hybridized carbons (Fsp3) is 0.782. The molecular formula is C55H95N3O6S. The quantitative estimate of drug-likeness (QED) is 0.0396. The van der Waals surface area contributed by atoms with Crippen LogP contribution in [-0.2, 0) is 36.8 Å². The number of unbranched alkanes of at least 4 members (excludes halogenated alkanes) is 20. The summed E-state index contributed by atoms with van der Waals surface area (Å²) in [6.07, 6.45) is 42.6. The van der Waals surface area contributed by atoms with Crippen LogP contribution in [0.5, 0.6) is 0 Å². The van der Waals surface area contributed by atoms with Gasteiger partial charge in [-0.05, 0) is 103 Å². The van der Waals surface area contributed by atoms with E-state index in [1.54, 1.807) is 0 Å². The number of hydrogen-bond acceptors (Lipinski definition) is 8. The summed E-state index contributed by atoms with van der Waals surface area (Å²) in [4.78, 5) is 58.3. The Morgan fingerprint density at radius 2 is 1.18 bits per heavy atom. The molecule has 1 aromatic rings. The van der Waals surface area contributed by atoms with Crippen LogP contribution < -0.4 is 5.32 Å². The number of allylic oxidation sites excluding steroid dienone is 4. The molecule has 2 heterocycles. The molecule has 0 spiro atoms. The molecule has 0 saturated heterocycles. The van der Waals surface area contributed by atoms with Crippen molar-refractivity contribution in [3.05, 3.63) is 40.3 Å². The third-order valence-corrected chi connectivity index (χ3v) is 13.8. The number of nitrogens with one attached hydrogen (secondary N) is 1. The number of amides is 2. The summed E-state index contributed by atoms with van der Waals surface area (Å²) in [6, 6.07) is 0. The molecule has 372 valence electrons. The van der Waals surface area contributed by atoms with Crippen LogP contribution in [0.4, 0.5) is 5.00 Å². The molecule has 65 heavy (non-hydrogen) atoms. The van der Waals surface area contributed by atoms with Crippen LogP contribution in [-0.4, -0.2) is 74.0 Å². The number of carbonyl (C=O) groups excluding carboxylic acids is 4. The topological polar surface area (TPSA) is 105 Å². The molecule has 10 heteroatoms. The maximum absolute atomic E-state index is 13.6. The lowest BCUT2D eigenvalue weighted by atomic mass is 9.94. The molecule has 1 aliphatic rings. The summed E-state index contributed by atoms with van der Waals surface area (Å²) >= 11 is 1.40. The largest absolute Gasteiger partial charge is 0.465 e. The van der Waals surface area contributed by atoms with Crippen molar-refractivity contribution in [1.82, 2.24) is 9.80 Å². The monoisotopic (exact) mass is 926 g/mol. The Morgan fingerprint density at radius 1 is 0.646 bits per heavy atom. The van der Waals surface area contributed by atoms with E-state index in [4.69, 9.17) is 9.47 Å². The molecule has 0 saturated carbocycles. The summed E-state index contributed by atoms with van der Waals surface area (Å²) in [6.45, 7) is 9.22. The fourth-order valence-electron chi connectivity index (χ4n) is 8.55. The van der Waals surface area contributed by atoms with Gasteiger partial charge in [-0.2, -0.15) is 0 Å². The molecule has 1 N–H and O–H groups in total. The second-order valence-electron chi connectivity index (χ2n) is 18.9. The molecule has 9 nitrogen and oxygen atoms in total. The molecule has 0 aliphatic carbocycles. The van der Waals surface area contributed by atoms with E-state index in [2.05, 4.69) is 55.3 Å². The van der Waals surface area contributed by atoms with Gasteiger partial charge < -0.3 is 24.6 Å². The van der Waals surface area contributed by atoms with Gasteiger partial charge in [0.2, 0.25) is 11.8 Å². The van der Waals surface area contributed by atoms with Gasteiger partial charge in [0.1, 0.15) is 5.00 Å². The standard InChI is InChI=1S/C55H95N3O6S/c1-6-9-12-15-18-19-20-21-22-23-24-25-26-29-34-40-51(60)58-43-41-48-49(46-58)65-53(52(48)55(62)64-45-36-42-57(4)5)56-50(59)39-33-30-35-44-63-54(61)47(37-31-27-16-13-10-7-2)38-32-28-17-14-11-8-3/h18-19,21-22,47H,6-17,20,23-46H2,1-5H3,(H,56,59)/b19-18-,22-21-. The van der Waals surface area contributed by atoms with Gasteiger partial charge in [-0.1, -0.05) is 154 Å². The summed E-state index contributed by atoms with van der Waals surface area (Å²) in [5, 5.41) is 3.58. The van der Waals surface area contributed by atoms with E-state index in [0.717, 1.165) is 94.0 Å². The lowest BCUT2D eigenvalue weighted by Crippen LogP contribution is -2.35. The zero-order chi connectivity index (χ0) is 47.2. The van der Waals surface area contributed by atoms with Crippen molar-refractivity contribution >= 4 is 40.1 Å². The predicted molar refractivity (Wildman–Crippen MR) is 274 cm³/mol. The second kappa shape index (κ2) is 39.1. The highest BCUT2D eigenvalue weighted by Gasteiger charge is 2.31. The maximum atomic E-state index is 13.6. The lowest BCUT2D eigenvalue weighted by molar-refractivity contribution is -0.149. The number of thiophene rings is 1. The van der Waals surface area contributed by atoms with Gasteiger partial charge in [-0.3, -0.25) is 14.4 Å². The number of hydrogen-bond donors (Lipinski definition) is 1. The van der Waals surface area contributed by atoms with E-state index in [1.165, 1.54) is 114 Å². The van der Waals surface area contributed by atoms with E-state index < -0.39 is 5.97 Å². The van der Waals surface area contributed by atoms with Crippen LogP contribution in [0.2, 0.25) is 0 Å². The van der Waals surface area contributed by atoms with Crippen LogP contribution in [0.25, 0.3) is 0 Å². The Hall–Kier alpha value is -2.98. The molecule has 0 unspecified atom stereocenters. The first kappa shape index (κ1) is 58.1. The van der Waals surface area contributed by atoms with E-state index in [-0.39, 0.29) is 23.7 Å². The molecule has 0 aromatic carbocycles. The molecule has 1 aromatic heterocycles. The van der Waals surface area contributed by atoms with Gasteiger partial charge in [-0.25, -0.2) is 4.79 Å². The Balaban J connectivity index is 1.83. The number of esters is 2. The molecule has 0 bridgehead atoms. The highest BCUT2D eigenvalue weighted by Crippen LogP contribution is 2.38. The number of rotatable bonds is 41. The van der Waals surface area contributed by atoms with Crippen molar-refractivity contribution in [3.63, 3.8) is 0 Å². The summed E-state index contributed by atoms with van der Waals surface area (Å²) in [5.74, 6) is -0.451. The van der Waals surface area contributed by atoms with Crippen LogP contribution in [0.3, 0.4) is 0 Å². The van der Waals surface area contributed by atoms with Gasteiger partial charge in [0.05, 0.1) is 31.2 Å². The average Bonchev–Trinajstić information content (AvgIpc) is 3.65. The van der Waals surface area contributed by atoms with E-state index in [9.17, 15) is 19.2 Å². The Morgan fingerprint density at radius 3 is 1.83 bits per heavy atom. The minimum absolute atomic E-state index is 0.00984. The average molecular weight is 926 g/mol. The van der Waals surface area contributed by atoms with E-state index in [1.807, 2.05) is 19.0 Å². The van der Waals surface area contributed by atoms with Crippen molar-refractivity contribution in [2.75, 3.05) is 45.7 Å². The molecule has 0 radical (unpaired) electrons. The molecule has 2 amide bonds. The zero-order valence-corrected chi connectivity index (χ0v) is 43.1. The van der Waals surface area contributed by atoms with Gasteiger partial charge >= 0.3 is 11.9 Å². The predicted octanol–water partition coefficient (Wildman–Crippen LogP) is 14.7. The van der Waals surface area contributed by atoms with Crippen molar-refractivity contribution in [3.8, 4) is 0 Å². The molecule has 0 atom stereocenters. The highest BCUT2D eigenvalue weighted by molar-refractivity contribution is 7.17. The second-order valence-corrected chi connectivity index (χ2v) is 20.0. The number of ether oxygens (including phenoxy) is 2. The Kier molecular flexibility index (Phi) is 34.9. The van der Waals surface area contributed by atoms with Gasteiger partial charge in [0.25, 0.3) is 0 Å². The minimum Gasteiger partial charge on any atom is -0.465 e. The molecule has 2 rings (SSSR count). The van der Waals surface area contributed by atoms with E-state index in [0.29, 0.717) is 62.6 Å². The van der Waals surface area contributed by atoms with E-state index >= 15 is 0 Å². The number of fused-ring (bicyclic) bond motifs is 1. The molecular weight excluding hydrogens is 831 g/mol. The van der Waals surface area contributed by atoms with Crippen LogP contribution in [0.15, 0.2) is 24.3 Å². The smallest absolute Gasteiger partial charge is 0.341 e. The number of anilines is 1. The van der Waals surface area contributed by atoms with Crippen molar-refractivity contribution in [2.24, 2.45) is 5.92 Å². The van der Waals surface area contributed by atoms with Crippen molar-refractivity contribution < 1.29 is 28.7 Å². The third kappa shape index (κ3) is 28.1. The summed E-state index contributed by atoms with van der Waals surface area (Å²) < 4.78 is 11.6. The van der Waals surface area contributed by atoms with Gasteiger partial charge in [0, 0.05) is 30.8 Å². The van der Waals surface area contributed by atoms with Gasteiger partial charge in [0.15, 0.2) is 0 Å². The first-order chi connectivity index (χ1) is 31.7.